The molecular weight excluding hydrogens is 270 g/mol. The van der Waals surface area contributed by atoms with Crippen molar-refractivity contribution in [2.45, 2.75) is 20.8 Å². The van der Waals surface area contributed by atoms with Gasteiger partial charge < -0.3 is 11.1 Å². The molecular formula is C12H14ClN3OS. The standard InChI is InChI=1S/C12H14ClN3OS/c1-12(2,3)10(17)15-6-4-7(13)9-8(5-6)18-11(14)16-9/h4-5H,1-3H3,(H2,14,16)(H,15,17). The van der Waals surface area contributed by atoms with Crippen LogP contribution in [0.15, 0.2) is 12.1 Å². The molecule has 0 unspecified atom stereocenters. The van der Waals surface area contributed by atoms with E-state index in [1.807, 2.05) is 26.8 Å². The van der Waals surface area contributed by atoms with Gasteiger partial charge in [0.05, 0.1) is 9.72 Å². The number of nitrogens with two attached hydrogens (primary N) is 1. The number of nitrogens with zero attached hydrogens (tertiary/aromatic N) is 1. The summed E-state index contributed by atoms with van der Waals surface area (Å²) in [7, 11) is 0. The molecule has 0 saturated heterocycles. The Kier molecular flexibility index (Phi) is 3.21. The minimum absolute atomic E-state index is 0.0598. The molecule has 0 radical (unpaired) electrons. The average molecular weight is 284 g/mol. The summed E-state index contributed by atoms with van der Waals surface area (Å²) in [5.41, 5.74) is 6.53. The second kappa shape index (κ2) is 4.40. The zero-order valence-electron chi connectivity index (χ0n) is 10.4. The molecule has 96 valence electrons. The van der Waals surface area contributed by atoms with E-state index in [-0.39, 0.29) is 5.91 Å². The first kappa shape index (κ1) is 13.1. The molecule has 0 spiro atoms. The van der Waals surface area contributed by atoms with Crippen LogP contribution in [0.5, 0.6) is 0 Å². The molecule has 2 aromatic rings. The van der Waals surface area contributed by atoms with Crippen LogP contribution in [0, 0.1) is 5.41 Å². The number of nitrogens with one attached hydrogen (secondary N) is 1. The SMILES string of the molecule is CC(C)(C)C(=O)Nc1cc(Cl)c2nc(N)sc2c1. The summed E-state index contributed by atoms with van der Waals surface area (Å²) >= 11 is 7.46. The predicted molar refractivity (Wildman–Crippen MR) is 77.1 cm³/mol. The molecule has 0 saturated carbocycles. The maximum absolute atomic E-state index is 11.9. The van der Waals surface area contributed by atoms with Crippen LogP contribution in [0.3, 0.4) is 0 Å². The minimum atomic E-state index is -0.450. The number of anilines is 2. The maximum Gasteiger partial charge on any atom is 0.229 e. The number of fused-ring (bicyclic) bond motifs is 1. The monoisotopic (exact) mass is 283 g/mol. The lowest BCUT2D eigenvalue weighted by molar-refractivity contribution is -0.123. The van der Waals surface area contributed by atoms with Crippen LogP contribution in [0.2, 0.25) is 5.02 Å². The van der Waals surface area contributed by atoms with E-state index in [0.717, 1.165) is 4.70 Å². The Hall–Kier alpha value is -1.33. The normalized spacial score (nSPS) is 11.8. The van der Waals surface area contributed by atoms with E-state index in [4.69, 9.17) is 17.3 Å². The second-order valence-corrected chi connectivity index (χ2v) is 6.53. The Morgan fingerprint density at radius 1 is 1.44 bits per heavy atom. The third kappa shape index (κ3) is 2.57. The highest BCUT2D eigenvalue weighted by atomic mass is 35.5. The number of thiazole rings is 1. The lowest BCUT2D eigenvalue weighted by Crippen LogP contribution is -2.27. The number of aromatic nitrogens is 1. The number of rotatable bonds is 1. The zero-order valence-corrected chi connectivity index (χ0v) is 11.9. The first-order valence-electron chi connectivity index (χ1n) is 5.44. The Morgan fingerprint density at radius 3 is 2.72 bits per heavy atom. The summed E-state index contributed by atoms with van der Waals surface area (Å²) in [4.78, 5) is 16.0. The first-order valence-corrected chi connectivity index (χ1v) is 6.64. The van der Waals surface area contributed by atoms with Gasteiger partial charge in [-0.05, 0) is 12.1 Å². The van der Waals surface area contributed by atoms with Crippen molar-refractivity contribution in [2.24, 2.45) is 5.41 Å². The molecule has 6 heteroatoms. The van der Waals surface area contributed by atoms with Crippen LogP contribution >= 0.6 is 22.9 Å². The number of nitrogen functional groups attached to an aromatic ring is 1. The lowest BCUT2D eigenvalue weighted by atomic mass is 9.95. The number of benzene rings is 1. The van der Waals surface area contributed by atoms with Gasteiger partial charge in [-0.3, -0.25) is 4.79 Å². The van der Waals surface area contributed by atoms with Crippen molar-refractivity contribution in [1.82, 2.24) is 4.98 Å². The fraction of sp³-hybridized carbons (Fsp3) is 0.333. The molecule has 1 aromatic heterocycles. The lowest BCUT2D eigenvalue weighted by Gasteiger charge is -2.17. The number of hydrogen-bond acceptors (Lipinski definition) is 4. The third-order valence-electron chi connectivity index (χ3n) is 2.40. The molecule has 18 heavy (non-hydrogen) atoms. The van der Waals surface area contributed by atoms with Crippen molar-refractivity contribution in [1.29, 1.82) is 0 Å². The fourth-order valence-corrected chi connectivity index (χ4v) is 2.51. The summed E-state index contributed by atoms with van der Waals surface area (Å²) in [5, 5.41) is 3.79. The van der Waals surface area contributed by atoms with Crippen LogP contribution < -0.4 is 11.1 Å². The molecule has 0 aliphatic carbocycles. The first-order chi connectivity index (χ1) is 8.27. The molecule has 2 rings (SSSR count). The Morgan fingerprint density at radius 2 is 2.11 bits per heavy atom. The van der Waals surface area contributed by atoms with Crippen molar-refractivity contribution in [3.63, 3.8) is 0 Å². The molecule has 0 aliphatic rings. The van der Waals surface area contributed by atoms with Gasteiger partial charge in [-0.1, -0.05) is 43.7 Å². The van der Waals surface area contributed by atoms with E-state index in [0.29, 0.717) is 21.4 Å². The maximum atomic E-state index is 11.9. The van der Waals surface area contributed by atoms with Gasteiger partial charge in [-0.25, -0.2) is 4.98 Å². The van der Waals surface area contributed by atoms with Crippen molar-refractivity contribution in [2.75, 3.05) is 11.1 Å². The quantitative estimate of drug-likeness (QED) is 0.841. The molecule has 0 atom stereocenters. The van der Waals surface area contributed by atoms with Crippen LogP contribution in [0.4, 0.5) is 10.8 Å². The second-order valence-electron chi connectivity index (χ2n) is 5.06. The minimum Gasteiger partial charge on any atom is -0.375 e. The van der Waals surface area contributed by atoms with Crippen molar-refractivity contribution in [3.8, 4) is 0 Å². The summed E-state index contributed by atoms with van der Waals surface area (Å²) < 4.78 is 0.865. The van der Waals surface area contributed by atoms with Gasteiger partial charge in [0.15, 0.2) is 5.13 Å². The average Bonchev–Trinajstić information content (AvgIpc) is 2.57. The highest BCUT2D eigenvalue weighted by Gasteiger charge is 2.21. The molecule has 0 fully saturated rings. The van der Waals surface area contributed by atoms with Gasteiger partial charge in [0.1, 0.15) is 5.52 Å². The van der Waals surface area contributed by atoms with Crippen molar-refractivity contribution in [3.05, 3.63) is 17.2 Å². The number of carbonyl (C=O) groups is 1. The van der Waals surface area contributed by atoms with Gasteiger partial charge in [-0.2, -0.15) is 0 Å². The number of halogens is 1. The summed E-state index contributed by atoms with van der Waals surface area (Å²) in [6.45, 7) is 5.56. The van der Waals surface area contributed by atoms with Crippen molar-refractivity contribution < 1.29 is 4.79 Å². The van der Waals surface area contributed by atoms with Gasteiger partial charge in [0.25, 0.3) is 0 Å². The molecule has 4 nitrogen and oxygen atoms in total. The molecule has 1 heterocycles. The molecule has 1 amide bonds. The molecule has 3 N–H and O–H groups in total. The van der Waals surface area contributed by atoms with Gasteiger partial charge >= 0.3 is 0 Å². The van der Waals surface area contributed by atoms with E-state index >= 15 is 0 Å². The number of amides is 1. The van der Waals surface area contributed by atoms with Gasteiger partial charge in [-0.15, -0.1) is 0 Å². The smallest absolute Gasteiger partial charge is 0.229 e. The Balaban J connectivity index is 2.38. The molecule has 0 bridgehead atoms. The molecule has 0 aliphatic heterocycles. The largest absolute Gasteiger partial charge is 0.375 e. The van der Waals surface area contributed by atoms with Crippen LogP contribution in [-0.2, 0) is 4.79 Å². The fourth-order valence-electron chi connectivity index (χ4n) is 1.40. The van der Waals surface area contributed by atoms with E-state index in [2.05, 4.69) is 10.3 Å². The van der Waals surface area contributed by atoms with Crippen LogP contribution in [0.25, 0.3) is 10.2 Å². The highest BCUT2D eigenvalue weighted by Crippen LogP contribution is 2.33. The summed E-state index contributed by atoms with van der Waals surface area (Å²) in [6.07, 6.45) is 0. The zero-order chi connectivity index (χ0) is 13.5. The van der Waals surface area contributed by atoms with Gasteiger partial charge in [0.2, 0.25) is 5.91 Å². The van der Waals surface area contributed by atoms with Crippen LogP contribution in [0.1, 0.15) is 20.8 Å². The molecule has 1 aromatic carbocycles. The predicted octanol–water partition coefficient (Wildman–Crippen LogP) is 3.52. The van der Waals surface area contributed by atoms with Crippen molar-refractivity contribution >= 4 is 49.9 Å². The number of hydrogen-bond donors (Lipinski definition) is 2. The Bertz CT molecular complexity index is 616. The highest BCUT2D eigenvalue weighted by molar-refractivity contribution is 7.22. The van der Waals surface area contributed by atoms with Crippen LogP contribution in [-0.4, -0.2) is 10.9 Å². The summed E-state index contributed by atoms with van der Waals surface area (Å²) in [6, 6.07) is 3.52. The third-order valence-corrected chi connectivity index (χ3v) is 3.52. The van der Waals surface area contributed by atoms with E-state index in [1.54, 1.807) is 6.07 Å². The summed E-state index contributed by atoms with van der Waals surface area (Å²) in [5.74, 6) is -0.0598. The van der Waals surface area contributed by atoms with Gasteiger partial charge in [0, 0.05) is 11.1 Å². The Labute approximate surface area is 114 Å². The van der Waals surface area contributed by atoms with E-state index in [9.17, 15) is 4.79 Å². The topological polar surface area (TPSA) is 68.0 Å². The van der Waals surface area contributed by atoms with E-state index in [1.165, 1.54) is 11.3 Å². The van der Waals surface area contributed by atoms with E-state index < -0.39 is 5.41 Å². The number of carbonyl (C=O) groups excluding carboxylic acids is 1.